The first-order valence-corrected chi connectivity index (χ1v) is 7.45. The summed E-state index contributed by atoms with van der Waals surface area (Å²) in [5.41, 5.74) is -5.55. The molecule has 1 atom stereocenters. The largest absolute Gasteiger partial charge is 0.503 e. The molecule has 0 saturated carbocycles. The zero-order valence-electron chi connectivity index (χ0n) is 10.9. The van der Waals surface area contributed by atoms with Crippen LogP contribution in [0, 0.1) is 5.92 Å². The number of aliphatic hydroxyl groups is 1. The summed E-state index contributed by atoms with van der Waals surface area (Å²) < 4.78 is 59.9. The quantitative estimate of drug-likeness (QED) is 0.850. The second-order valence-corrected chi connectivity index (χ2v) is 6.66. The molecule has 22 heavy (non-hydrogen) atoms. The highest BCUT2D eigenvalue weighted by Gasteiger charge is 2.48. The van der Waals surface area contributed by atoms with Crippen molar-refractivity contribution in [2.75, 3.05) is 13.1 Å². The molecule has 0 aromatic carbocycles. The van der Waals surface area contributed by atoms with Gasteiger partial charge in [0.05, 0.1) is 6.10 Å². The Morgan fingerprint density at radius 1 is 1.41 bits per heavy atom. The number of rotatable bonds is 3. The minimum Gasteiger partial charge on any atom is -0.465 e. The molecular formula is C11H11F3N2O5S. The number of hydrogen-bond donors (Lipinski definition) is 2. The van der Waals surface area contributed by atoms with E-state index in [0.29, 0.717) is 6.07 Å². The van der Waals surface area contributed by atoms with Crippen molar-refractivity contribution in [3.05, 3.63) is 23.9 Å². The number of likely N-dealkylation sites (tertiary alicyclic amines) is 1. The van der Waals surface area contributed by atoms with Crippen molar-refractivity contribution in [1.29, 1.82) is 0 Å². The van der Waals surface area contributed by atoms with Crippen LogP contribution in [0.1, 0.15) is 11.7 Å². The number of aromatic nitrogens is 1. The van der Waals surface area contributed by atoms with Crippen molar-refractivity contribution >= 4 is 15.9 Å². The van der Waals surface area contributed by atoms with Gasteiger partial charge < -0.3 is 15.1 Å². The van der Waals surface area contributed by atoms with Crippen LogP contribution in [0.3, 0.4) is 0 Å². The number of nitrogens with zero attached hydrogens (tertiary/aromatic N) is 2. The molecule has 2 heterocycles. The van der Waals surface area contributed by atoms with Crippen LogP contribution in [-0.2, 0) is 9.84 Å². The highest BCUT2D eigenvalue weighted by molar-refractivity contribution is 7.92. The summed E-state index contributed by atoms with van der Waals surface area (Å²) in [5.74, 6) is -0.514. The maximum Gasteiger partial charge on any atom is 0.503 e. The number of halogens is 3. The van der Waals surface area contributed by atoms with Crippen LogP contribution < -0.4 is 0 Å². The van der Waals surface area contributed by atoms with Gasteiger partial charge in [0.25, 0.3) is 9.84 Å². The average Bonchev–Trinajstić information content (AvgIpc) is 2.35. The normalized spacial score (nSPS) is 17.9. The molecule has 1 aromatic heterocycles. The first kappa shape index (κ1) is 16.5. The molecule has 1 aromatic rings. The van der Waals surface area contributed by atoms with Gasteiger partial charge in [0.1, 0.15) is 0 Å². The Labute approximate surface area is 122 Å². The van der Waals surface area contributed by atoms with Crippen molar-refractivity contribution in [3.63, 3.8) is 0 Å². The Balaban J connectivity index is 2.21. The zero-order valence-corrected chi connectivity index (χ0v) is 11.7. The van der Waals surface area contributed by atoms with Gasteiger partial charge in [-0.15, -0.1) is 0 Å². The van der Waals surface area contributed by atoms with Gasteiger partial charge in [0.2, 0.25) is 0 Å². The Morgan fingerprint density at radius 2 is 2.00 bits per heavy atom. The molecule has 1 amide bonds. The lowest BCUT2D eigenvalue weighted by Gasteiger charge is -2.39. The summed E-state index contributed by atoms with van der Waals surface area (Å²) in [6, 6.07) is 1.83. The molecule has 1 saturated heterocycles. The maximum absolute atomic E-state index is 12.5. The number of alkyl halides is 3. The fourth-order valence-corrected chi connectivity index (χ4v) is 2.74. The molecule has 2 rings (SSSR count). The van der Waals surface area contributed by atoms with Gasteiger partial charge >= 0.3 is 11.6 Å². The predicted molar refractivity (Wildman–Crippen MR) is 65.5 cm³/mol. The van der Waals surface area contributed by atoms with E-state index in [4.69, 9.17) is 5.11 Å². The second-order valence-electron chi connectivity index (χ2n) is 4.77. The highest BCUT2D eigenvalue weighted by Crippen LogP contribution is 2.33. The monoisotopic (exact) mass is 340 g/mol. The van der Waals surface area contributed by atoms with E-state index in [2.05, 4.69) is 4.98 Å². The fraction of sp³-hybridized carbons (Fsp3) is 0.455. The number of carboxylic acid groups (broad SMARTS) is 1. The van der Waals surface area contributed by atoms with E-state index < -0.39 is 38.5 Å². The third-order valence-electron chi connectivity index (χ3n) is 3.31. The number of hydrogen-bond acceptors (Lipinski definition) is 5. The molecule has 0 radical (unpaired) electrons. The van der Waals surface area contributed by atoms with Crippen molar-refractivity contribution in [3.8, 4) is 0 Å². The van der Waals surface area contributed by atoms with Gasteiger partial charge in [-0.05, 0) is 17.7 Å². The van der Waals surface area contributed by atoms with Crippen molar-refractivity contribution in [1.82, 2.24) is 9.88 Å². The summed E-state index contributed by atoms with van der Waals surface area (Å²) in [4.78, 5) is 14.8. The number of pyridine rings is 1. The van der Waals surface area contributed by atoms with Crippen LogP contribution in [0.25, 0.3) is 0 Å². The molecule has 1 unspecified atom stereocenters. The lowest BCUT2D eigenvalue weighted by Crippen LogP contribution is -2.51. The van der Waals surface area contributed by atoms with Gasteiger partial charge in [0, 0.05) is 25.2 Å². The van der Waals surface area contributed by atoms with E-state index in [1.54, 1.807) is 0 Å². The molecule has 122 valence electrons. The highest BCUT2D eigenvalue weighted by atomic mass is 32.2. The second kappa shape index (κ2) is 5.39. The molecular weight excluding hydrogens is 329 g/mol. The molecule has 1 fully saturated rings. The lowest BCUT2D eigenvalue weighted by atomic mass is 9.90. The summed E-state index contributed by atoms with van der Waals surface area (Å²) in [7, 11) is -5.60. The van der Waals surface area contributed by atoms with Crippen molar-refractivity contribution < 1.29 is 36.6 Å². The lowest BCUT2D eigenvalue weighted by molar-refractivity contribution is -0.0438. The minimum absolute atomic E-state index is 0.0141. The summed E-state index contributed by atoms with van der Waals surface area (Å²) in [5, 5.41) is 17.5. The number of aliphatic hydroxyl groups excluding tert-OH is 1. The first-order valence-electron chi connectivity index (χ1n) is 5.97. The maximum atomic E-state index is 12.5. The van der Waals surface area contributed by atoms with E-state index in [1.807, 2.05) is 0 Å². The minimum atomic E-state index is -5.60. The third-order valence-corrected chi connectivity index (χ3v) is 4.69. The van der Waals surface area contributed by atoms with Crippen LogP contribution in [0.15, 0.2) is 23.4 Å². The smallest absolute Gasteiger partial charge is 0.465 e. The molecule has 7 nitrogen and oxygen atoms in total. The van der Waals surface area contributed by atoms with Crippen LogP contribution >= 0.6 is 0 Å². The Bertz CT molecular complexity index is 685. The van der Waals surface area contributed by atoms with E-state index in [-0.39, 0.29) is 18.7 Å². The van der Waals surface area contributed by atoms with Gasteiger partial charge in [-0.25, -0.2) is 18.2 Å². The van der Waals surface area contributed by atoms with Crippen molar-refractivity contribution in [2.24, 2.45) is 5.92 Å². The Kier molecular flexibility index (Phi) is 4.04. The number of carbonyl (C=O) groups is 1. The van der Waals surface area contributed by atoms with E-state index in [1.165, 1.54) is 6.07 Å². The van der Waals surface area contributed by atoms with E-state index in [9.17, 15) is 31.5 Å². The Morgan fingerprint density at radius 3 is 2.50 bits per heavy atom. The average molecular weight is 340 g/mol. The van der Waals surface area contributed by atoms with Gasteiger partial charge in [-0.3, -0.25) is 0 Å². The topological polar surface area (TPSA) is 108 Å². The van der Waals surface area contributed by atoms with Crippen LogP contribution in [0.4, 0.5) is 18.0 Å². The molecule has 1 aliphatic heterocycles. The first-order chi connectivity index (χ1) is 10.0. The molecule has 1 aliphatic rings. The summed E-state index contributed by atoms with van der Waals surface area (Å²) in [6.07, 6.45) is -1.59. The number of amides is 1. The third kappa shape index (κ3) is 2.86. The van der Waals surface area contributed by atoms with E-state index in [0.717, 1.165) is 11.1 Å². The molecule has 11 heteroatoms. The summed E-state index contributed by atoms with van der Waals surface area (Å²) >= 11 is 0. The van der Waals surface area contributed by atoms with Gasteiger partial charge in [-0.2, -0.15) is 13.2 Å². The number of sulfone groups is 1. The zero-order chi connectivity index (χ0) is 16.7. The van der Waals surface area contributed by atoms with Crippen LogP contribution in [0.2, 0.25) is 0 Å². The molecule has 0 bridgehead atoms. The summed E-state index contributed by atoms with van der Waals surface area (Å²) in [6.45, 7) is 0.0281. The van der Waals surface area contributed by atoms with E-state index >= 15 is 0 Å². The van der Waals surface area contributed by atoms with Crippen LogP contribution in [-0.4, -0.2) is 53.2 Å². The van der Waals surface area contributed by atoms with Crippen molar-refractivity contribution in [2.45, 2.75) is 16.6 Å². The molecule has 0 aliphatic carbocycles. The fourth-order valence-electron chi connectivity index (χ4n) is 2.01. The predicted octanol–water partition coefficient (Wildman–Crippen LogP) is 1.02. The standard InChI is InChI=1S/C11H11F3N2O5S/c12-11(13,14)22(20,21)8-3-6(1-2-15-8)9(17)7-4-16(5-7)10(18)19/h1-3,7,9,17H,4-5H2,(H,18,19). The van der Waals surface area contributed by atoms with Crippen LogP contribution in [0.5, 0.6) is 0 Å². The SMILES string of the molecule is O=C(O)N1CC(C(O)c2ccnc(S(=O)(=O)C(F)(F)F)c2)C1. The van der Waals surface area contributed by atoms with Gasteiger partial charge in [0.15, 0.2) is 5.03 Å². The molecule has 2 N–H and O–H groups in total. The molecule has 0 spiro atoms. The Hall–Kier alpha value is -1.88. The van der Waals surface area contributed by atoms with Gasteiger partial charge in [-0.1, -0.05) is 0 Å².